The van der Waals surface area contributed by atoms with Crippen LogP contribution in [0.3, 0.4) is 0 Å². The van der Waals surface area contributed by atoms with Gasteiger partial charge in [0.05, 0.1) is 23.5 Å². The van der Waals surface area contributed by atoms with Crippen LogP contribution in [-0.2, 0) is 21.4 Å². The van der Waals surface area contributed by atoms with Gasteiger partial charge in [0, 0.05) is 5.56 Å². The highest BCUT2D eigenvalue weighted by Gasteiger charge is 2.21. The first kappa shape index (κ1) is 21.8. The lowest BCUT2D eigenvalue weighted by Crippen LogP contribution is -2.40. The highest BCUT2D eigenvalue weighted by atomic mass is 35.5. The maximum atomic E-state index is 12.4. The van der Waals surface area contributed by atoms with Crippen LogP contribution in [0.15, 0.2) is 47.0 Å². The number of nitrogens with zero attached hydrogens (tertiary/aromatic N) is 3. The zero-order valence-electron chi connectivity index (χ0n) is 16.7. The van der Waals surface area contributed by atoms with Crippen molar-refractivity contribution in [3.05, 3.63) is 64.5 Å². The maximum absolute atomic E-state index is 12.4. The molecule has 0 saturated heterocycles. The summed E-state index contributed by atoms with van der Waals surface area (Å²) in [5, 5.41) is 6.94. The van der Waals surface area contributed by atoms with Gasteiger partial charge in [-0.1, -0.05) is 35.0 Å². The number of hydrogen-bond donors (Lipinski definition) is 1. The van der Waals surface area contributed by atoms with Crippen LogP contribution < -0.4 is 9.62 Å². The molecule has 30 heavy (non-hydrogen) atoms. The van der Waals surface area contributed by atoms with E-state index in [1.165, 1.54) is 0 Å². The molecule has 1 amide bonds. The van der Waals surface area contributed by atoms with Crippen molar-refractivity contribution in [1.29, 1.82) is 0 Å². The number of halogens is 1. The van der Waals surface area contributed by atoms with Crippen molar-refractivity contribution in [2.75, 3.05) is 17.1 Å². The molecule has 0 saturated carbocycles. The number of aromatic nitrogens is 2. The minimum absolute atomic E-state index is 0.0409. The molecule has 8 nitrogen and oxygen atoms in total. The Balaban J connectivity index is 1.68. The molecule has 0 bridgehead atoms. The average Bonchev–Trinajstić information content (AvgIpc) is 3.15. The SMILES string of the molecule is Cc1ccc(N(CC(=O)NCc2nc(-c3ccccc3Cl)no2)S(C)(=O)=O)cc1C. The van der Waals surface area contributed by atoms with Gasteiger partial charge in [0.15, 0.2) is 0 Å². The predicted octanol–water partition coefficient (Wildman–Crippen LogP) is 3.09. The van der Waals surface area contributed by atoms with Gasteiger partial charge >= 0.3 is 0 Å². The summed E-state index contributed by atoms with van der Waals surface area (Å²) in [6.45, 7) is 3.40. The fourth-order valence-electron chi connectivity index (χ4n) is 2.72. The molecule has 0 radical (unpaired) electrons. The van der Waals surface area contributed by atoms with Gasteiger partial charge in [0.2, 0.25) is 27.6 Å². The Morgan fingerprint density at radius 3 is 2.57 bits per heavy atom. The molecule has 0 fully saturated rings. The summed E-state index contributed by atoms with van der Waals surface area (Å²) < 4.78 is 30.6. The molecule has 0 aliphatic carbocycles. The second-order valence-corrected chi connectivity index (χ2v) is 9.12. The summed E-state index contributed by atoms with van der Waals surface area (Å²) in [4.78, 5) is 16.6. The number of anilines is 1. The second kappa shape index (κ2) is 8.85. The van der Waals surface area contributed by atoms with E-state index in [0.29, 0.717) is 22.1 Å². The van der Waals surface area contributed by atoms with Crippen molar-refractivity contribution in [3.8, 4) is 11.4 Å². The molecule has 3 rings (SSSR count). The zero-order valence-corrected chi connectivity index (χ0v) is 18.3. The first-order valence-corrected chi connectivity index (χ1v) is 11.3. The fourth-order valence-corrected chi connectivity index (χ4v) is 3.79. The van der Waals surface area contributed by atoms with Gasteiger partial charge in [-0.25, -0.2) is 8.42 Å². The Morgan fingerprint density at radius 1 is 1.17 bits per heavy atom. The number of nitrogens with one attached hydrogen (secondary N) is 1. The van der Waals surface area contributed by atoms with Crippen LogP contribution in [0.2, 0.25) is 5.02 Å². The van der Waals surface area contributed by atoms with Crippen LogP contribution in [-0.4, -0.2) is 37.3 Å². The molecule has 0 unspecified atom stereocenters. The Bertz CT molecular complexity index is 1180. The first-order chi connectivity index (χ1) is 14.1. The molecule has 3 aromatic rings. The van der Waals surface area contributed by atoms with Crippen LogP contribution in [0.25, 0.3) is 11.4 Å². The monoisotopic (exact) mass is 448 g/mol. The Kier molecular flexibility index (Phi) is 6.42. The number of sulfonamides is 1. The van der Waals surface area contributed by atoms with Crippen molar-refractivity contribution in [2.45, 2.75) is 20.4 Å². The number of benzene rings is 2. The molecule has 0 spiro atoms. The number of hydrogen-bond acceptors (Lipinski definition) is 6. The predicted molar refractivity (Wildman–Crippen MR) is 115 cm³/mol. The Labute approximate surface area is 179 Å². The van der Waals surface area contributed by atoms with Crippen molar-refractivity contribution >= 4 is 33.2 Å². The van der Waals surface area contributed by atoms with Crippen LogP contribution in [0.5, 0.6) is 0 Å². The van der Waals surface area contributed by atoms with Crippen LogP contribution in [0.1, 0.15) is 17.0 Å². The summed E-state index contributed by atoms with van der Waals surface area (Å²) in [6, 6.07) is 12.3. The zero-order chi connectivity index (χ0) is 21.9. The lowest BCUT2D eigenvalue weighted by atomic mass is 10.1. The highest BCUT2D eigenvalue weighted by Crippen LogP contribution is 2.25. The maximum Gasteiger partial charge on any atom is 0.246 e. The number of carbonyl (C=O) groups is 1. The van der Waals surface area contributed by atoms with Gasteiger partial charge in [-0.2, -0.15) is 4.98 Å². The molecule has 1 aromatic heterocycles. The van der Waals surface area contributed by atoms with E-state index in [1.807, 2.05) is 19.9 Å². The van der Waals surface area contributed by atoms with Crippen LogP contribution in [0.4, 0.5) is 5.69 Å². The summed E-state index contributed by atoms with van der Waals surface area (Å²) in [5.41, 5.74) is 3.00. The normalized spacial score (nSPS) is 11.3. The topological polar surface area (TPSA) is 105 Å². The Morgan fingerprint density at radius 2 is 1.90 bits per heavy atom. The second-order valence-electron chi connectivity index (χ2n) is 6.81. The molecule has 10 heteroatoms. The van der Waals surface area contributed by atoms with Crippen LogP contribution >= 0.6 is 11.6 Å². The molecule has 0 aliphatic rings. The molecular formula is C20H21ClN4O4S. The van der Waals surface area contributed by atoms with Crippen molar-refractivity contribution < 1.29 is 17.7 Å². The van der Waals surface area contributed by atoms with Gasteiger partial charge in [-0.15, -0.1) is 0 Å². The van der Waals surface area contributed by atoms with Gasteiger partial charge in [0.25, 0.3) is 0 Å². The minimum atomic E-state index is -3.66. The minimum Gasteiger partial charge on any atom is -0.345 e. The van der Waals surface area contributed by atoms with Gasteiger partial charge in [-0.05, 0) is 49.2 Å². The Hall–Kier alpha value is -2.91. The molecule has 0 atom stereocenters. The third-order valence-electron chi connectivity index (χ3n) is 4.49. The van der Waals surface area contributed by atoms with Gasteiger partial charge in [-0.3, -0.25) is 9.10 Å². The van der Waals surface area contributed by atoms with Crippen molar-refractivity contribution in [3.63, 3.8) is 0 Å². The third kappa shape index (κ3) is 5.17. The van der Waals surface area contributed by atoms with E-state index < -0.39 is 15.9 Å². The lowest BCUT2D eigenvalue weighted by molar-refractivity contribution is -0.119. The molecule has 1 N–H and O–H groups in total. The highest BCUT2D eigenvalue weighted by molar-refractivity contribution is 7.92. The largest absolute Gasteiger partial charge is 0.345 e. The molecule has 1 heterocycles. The van der Waals surface area contributed by atoms with Crippen molar-refractivity contribution in [2.24, 2.45) is 0 Å². The average molecular weight is 449 g/mol. The number of carbonyl (C=O) groups excluding carboxylic acids is 1. The fraction of sp³-hybridized carbons (Fsp3) is 0.250. The number of aryl methyl sites for hydroxylation is 2. The van der Waals surface area contributed by atoms with Gasteiger partial charge in [0.1, 0.15) is 6.54 Å². The van der Waals surface area contributed by atoms with E-state index in [4.69, 9.17) is 16.1 Å². The molecule has 158 valence electrons. The van der Waals surface area contributed by atoms with E-state index in [9.17, 15) is 13.2 Å². The van der Waals surface area contributed by atoms with E-state index >= 15 is 0 Å². The third-order valence-corrected chi connectivity index (χ3v) is 5.96. The summed E-state index contributed by atoms with van der Waals surface area (Å²) in [7, 11) is -3.66. The van der Waals surface area contributed by atoms with E-state index in [1.54, 1.807) is 36.4 Å². The summed E-state index contributed by atoms with van der Waals surface area (Å²) in [6.07, 6.45) is 1.06. The van der Waals surface area contributed by atoms with E-state index in [2.05, 4.69) is 15.5 Å². The standard InChI is InChI=1S/C20H21ClN4O4S/c1-13-8-9-15(10-14(13)2)25(30(3,27)28)12-18(26)22-11-19-23-20(24-29-19)16-6-4-5-7-17(16)21/h4-10H,11-12H2,1-3H3,(H,22,26). The molecule has 0 aliphatic heterocycles. The molecular weight excluding hydrogens is 428 g/mol. The molecule has 2 aromatic carbocycles. The number of rotatable bonds is 7. The number of amides is 1. The summed E-state index contributed by atoms with van der Waals surface area (Å²) >= 11 is 6.12. The van der Waals surface area contributed by atoms with E-state index in [0.717, 1.165) is 21.7 Å². The summed E-state index contributed by atoms with van der Waals surface area (Å²) in [5.74, 6) is -0.0238. The van der Waals surface area contributed by atoms with Gasteiger partial charge < -0.3 is 9.84 Å². The van der Waals surface area contributed by atoms with Crippen molar-refractivity contribution in [1.82, 2.24) is 15.5 Å². The van der Waals surface area contributed by atoms with Crippen LogP contribution in [0, 0.1) is 13.8 Å². The lowest BCUT2D eigenvalue weighted by Gasteiger charge is -2.22. The van der Waals surface area contributed by atoms with E-state index in [-0.39, 0.29) is 19.0 Å². The first-order valence-electron chi connectivity index (χ1n) is 9.04. The quantitative estimate of drug-likeness (QED) is 0.595. The smallest absolute Gasteiger partial charge is 0.246 e.